The first-order valence-electron chi connectivity index (χ1n) is 7.66. The zero-order chi connectivity index (χ0) is 17.2. The Kier molecular flexibility index (Phi) is 4.42. The van der Waals surface area contributed by atoms with Crippen molar-refractivity contribution >= 4 is 11.5 Å². The van der Waals surface area contributed by atoms with Crippen LogP contribution >= 0.6 is 0 Å². The average Bonchev–Trinajstić information content (AvgIpc) is 2.61. The van der Waals surface area contributed by atoms with Gasteiger partial charge in [0.2, 0.25) is 0 Å². The molecule has 0 spiro atoms. The highest BCUT2D eigenvalue weighted by molar-refractivity contribution is 5.94. The molecule has 3 rings (SSSR count). The van der Waals surface area contributed by atoms with E-state index in [-0.39, 0.29) is 11.5 Å². The van der Waals surface area contributed by atoms with Crippen LogP contribution in [0.5, 0.6) is 0 Å². The minimum absolute atomic E-state index is 0.243. The molecule has 0 saturated carbocycles. The van der Waals surface area contributed by atoms with Crippen molar-refractivity contribution in [3.63, 3.8) is 0 Å². The average molecular weight is 331 g/mol. The zero-order valence-electron chi connectivity index (χ0n) is 12.9. The first kappa shape index (κ1) is 16.3. The Morgan fingerprint density at radius 3 is 2.17 bits per heavy atom. The summed E-state index contributed by atoms with van der Waals surface area (Å²) in [7, 11) is 0. The van der Waals surface area contributed by atoms with Gasteiger partial charge in [-0.3, -0.25) is 4.79 Å². The van der Waals surface area contributed by atoms with Gasteiger partial charge in [0.1, 0.15) is 0 Å². The smallest absolute Gasteiger partial charge is 0.335 e. The molecule has 0 atom stereocenters. The van der Waals surface area contributed by atoms with Crippen molar-refractivity contribution < 1.29 is 18.0 Å². The normalized spacial score (nSPS) is 15.1. The maximum Gasteiger partial charge on any atom is 0.416 e. The molecule has 1 amide bonds. The van der Waals surface area contributed by atoms with Crippen molar-refractivity contribution in [3.05, 3.63) is 77.4 Å². The van der Waals surface area contributed by atoms with Gasteiger partial charge in [0.25, 0.3) is 5.91 Å². The molecule has 24 heavy (non-hydrogen) atoms. The van der Waals surface area contributed by atoms with Crippen molar-refractivity contribution in [2.45, 2.75) is 12.6 Å². The van der Waals surface area contributed by atoms with E-state index in [1.165, 1.54) is 17.7 Å². The number of carbonyl (C=O) groups is 1. The number of carbonyl (C=O) groups excluding carboxylic acids is 1. The third-order valence-corrected chi connectivity index (χ3v) is 4.10. The molecule has 0 radical (unpaired) electrons. The number of hydrogen-bond donors (Lipinski definition) is 0. The first-order valence-corrected chi connectivity index (χ1v) is 7.66. The van der Waals surface area contributed by atoms with Crippen molar-refractivity contribution in [1.29, 1.82) is 0 Å². The van der Waals surface area contributed by atoms with Crippen LogP contribution in [0.2, 0.25) is 0 Å². The molecule has 0 unspecified atom stereocenters. The fraction of sp³-hybridized carbons (Fsp3) is 0.211. The van der Waals surface area contributed by atoms with Crippen molar-refractivity contribution in [1.82, 2.24) is 4.90 Å². The topological polar surface area (TPSA) is 20.3 Å². The number of halogens is 3. The fourth-order valence-corrected chi connectivity index (χ4v) is 2.75. The lowest BCUT2D eigenvalue weighted by molar-refractivity contribution is -0.137. The van der Waals surface area contributed by atoms with E-state index in [0.717, 1.165) is 24.1 Å². The maximum absolute atomic E-state index is 12.6. The molecule has 0 N–H and O–H groups in total. The van der Waals surface area contributed by atoms with Crippen LogP contribution in [0.25, 0.3) is 5.57 Å². The van der Waals surface area contributed by atoms with Gasteiger partial charge in [0, 0.05) is 18.7 Å². The summed E-state index contributed by atoms with van der Waals surface area (Å²) >= 11 is 0. The van der Waals surface area contributed by atoms with Gasteiger partial charge in [-0.25, -0.2) is 0 Å². The zero-order valence-corrected chi connectivity index (χ0v) is 12.9. The number of rotatable bonds is 2. The molecular weight excluding hydrogens is 315 g/mol. The number of hydrogen-bond acceptors (Lipinski definition) is 1. The summed E-state index contributed by atoms with van der Waals surface area (Å²) in [4.78, 5) is 14.1. The summed E-state index contributed by atoms with van der Waals surface area (Å²) in [5.74, 6) is -0.243. The van der Waals surface area contributed by atoms with Crippen LogP contribution in [0, 0.1) is 0 Å². The van der Waals surface area contributed by atoms with Crippen LogP contribution < -0.4 is 0 Å². The van der Waals surface area contributed by atoms with Gasteiger partial charge < -0.3 is 4.90 Å². The molecule has 0 saturated heterocycles. The van der Waals surface area contributed by atoms with E-state index in [0.29, 0.717) is 13.1 Å². The summed E-state index contributed by atoms with van der Waals surface area (Å²) < 4.78 is 37.7. The molecule has 5 heteroatoms. The molecule has 1 aliphatic heterocycles. The number of nitrogens with zero attached hydrogens (tertiary/aromatic N) is 1. The van der Waals surface area contributed by atoms with E-state index in [2.05, 4.69) is 0 Å². The van der Waals surface area contributed by atoms with E-state index >= 15 is 0 Å². The third kappa shape index (κ3) is 3.50. The highest BCUT2D eigenvalue weighted by Gasteiger charge is 2.30. The van der Waals surface area contributed by atoms with E-state index in [4.69, 9.17) is 0 Å². The minimum atomic E-state index is -4.39. The van der Waals surface area contributed by atoms with Crippen LogP contribution in [-0.4, -0.2) is 23.9 Å². The Bertz CT molecular complexity index is 748. The van der Waals surface area contributed by atoms with Crippen molar-refractivity contribution in [2.75, 3.05) is 13.1 Å². The lowest BCUT2D eigenvalue weighted by Gasteiger charge is -2.27. The van der Waals surface area contributed by atoms with Crippen LogP contribution in [0.15, 0.2) is 60.7 Å². The molecule has 2 nitrogen and oxygen atoms in total. The lowest BCUT2D eigenvalue weighted by Crippen LogP contribution is -2.34. The SMILES string of the molecule is O=C(c1ccc(C(F)(F)F)cc1)N1CC=C(c2ccccc2)CC1. The first-order chi connectivity index (χ1) is 11.4. The maximum atomic E-state index is 12.6. The van der Waals surface area contributed by atoms with Gasteiger partial charge in [-0.2, -0.15) is 13.2 Å². The largest absolute Gasteiger partial charge is 0.416 e. The van der Waals surface area contributed by atoms with Gasteiger partial charge in [-0.15, -0.1) is 0 Å². The Hall–Kier alpha value is -2.56. The molecule has 0 aromatic heterocycles. The molecule has 0 bridgehead atoms. The van der Waals surface area contributed by atoms with E-state index < -0.39 is 11.7 Å². The van der Waals surface area contributed by atoms with Gasteiger partial charge in [-0.05, 0) is 41.8 Å². The monoisotopic (exact) mass is 331 g/mol. The van der Waals surface area contributed by atoms with Gasteiger partial charge in [0.05, 0.1) is 5.56 Å². The Labute approximate surface area is 138 Å². The van der Waals surface area contributed by atoms with Crippen LogP contribution in [0.4, 0.5) is 13.2 Å². The second kappa shape index (κ2) is 6.51. The Balaban J connectivity index is 1.70. The van der Waals surface area contributed by atoms with E-state index in [9.17, 15) is 18.0 Å². The van der Waals surface area contributed by atoms with Gasteiger partial charge in [-0.1, -0.05) is 36.4 Å². The van der Waals surface area contributed by atoms with E-state index in [1.807, 2.05) is 36.4 Å². The molecule has 2 aromatic rings. The molecule has 1 aliphatic rings. The predicted molar refractivity (Wildman–Crippen MR) is 86.4 cm³/mol. The minimum Gasteiger partial charge on any atom is -0.335 e. The molecular formula is C19H16F3NO. The second-order valence-electron chi connectivity index (χ2n) is 5.67. The molecule has 124 valence electrons. The summed E-state index contributed by atoms with van der Waals surface area (Å²) in [6.45, 7) is 1.02. The molecule has 2 aromatic carbocycles. The predicted octanol–water partition coefficient (Wildman–Crippen LogP) is 4.63. The quantitative estimate of drug-likeness (QED) is 0.785. The van der Waals surface area contributed by atoms with Crippen LogP contribution in [0.3, 0.4) is 0 Å². The number of amides is 1. The lowest BCUT2D eigenvalue weighted by atomic mass is 9.99. The second-order valence-corrected chi connectivity index (χ2v) is 5.67. The van der Waals surface area contributed by atoms with Gasteiger partial charge >= 0.3 is 6.18 Å². The summed E-state index contributed by atoms with van der Waals surface area (Å²) in [6.07, 6.45) is -1.66. The highest BCUT2D eigenvalue weighted by atomic mass is 19.4. The molecule has 0 aliphatic carbocycles. The number of benzene rings is 2. The van der Waals surface area contributed by atoms with Crippen molar-refractivity contribution in [2.24, 2.45) is 0 Å². The Morgan fingerprint density at radius 2 is 1.62 bits per heavy atom. The van der Waals surface area contributed by atoms with E-state index in [1.54, 1.807) is 4.90 Å². The van der Waals surface area contributed by atoms with Crippen LogP contribution in [-0.2, 0) is 6.18 Å². The standard InChI is InChI=1S/C19H16F3NO/c20-19(21,22)17-8-6-16(7-9-17)18(24)23-12-10-15(11-13-23)14-4-2-1-3-5-14/h1-10H,11-13H2. The van der Waals surface area contributed by atoms with Crippen molar-refractivity contribution in [3.8, 4) is 0 Å². The highest BCUT2D eigenvalue weighted by Crippen LogP contribution is 2.29. The molecule has 1 heterocycles. The van der Waals surface area contributed by atoms with Gasteiger partial charge in [0.15, 0.2) is 0 Å². The summed E-state index contributed by atoms with van der Waals surface area (Å²) in [5, 5.41) is 0. The number of alkyl halides is 3. The Morgan fingerprint density at radius 1 is 0.958 bits per heavy atom. The third-order valence-electron chi connectivity index (χ3n) is 4.10. The van der Waals surface area contributed by atoms with Crippen LogP contribution in [0.1, 0.15) is 27.9 Å². The fourth-order valence-electron chi connectivity index (χ4n) is 2.75. The summed E-state index contributed by atoms with van der Waals surface area (Å²) in [5.41, 5.74) is 1.86. The summed E-state index contributed by atoms with van der Waals surface area (Å²) in [6, 6.07) is 14.3. The molecule has 0 fully saturated rings.